The number of hydrazone groups is 1. The van der Waals surface area contributed by atoms with Crippen molar-refractivity contribution in [1.29, 1.82) is 0 Å². The van der Waals surface area contributed by atoms with Gasteiger partial charge in [0.05, 0.1) is 0 Å². The minimum Gasteiger partial charge on any atom is -0.327 e. The molecule has 0 amide bonds. The summed E-state index contributed by atoms with van der Waals surface area (Å²) < 4.78 is 0. The average molecular weight is 190 g/mol. The van der Waals surface area contributed by atoms with Gasteiger partial charge in [0, 0.05) is 13.1 Å². The van der Waals surface area contributed by atoms with Gasteiger partial charge in [-0.1, -0.05) is 24.9 Å². The molecule has 1 atom stereocenters. The Balaban J connectivity index is 2.34. The molecule has 0 saturated carbocycles. The summed E-state index contributed by atoms with van der Waals surface area (Å²) in [5.41, 5.74) is -0.0680. The third kappa shape index (κ3) is 2.03. The third-order valence-electron chi connectivity index (χ3n) is 1.97. The van der Waals surface area contributed by atoms with E-state index in [1.165, 1.54) is 6.42 Å². The van der Waals surface area contributed by atoms with Gasteiger partial charge in [0.2, 0.25) is 0 Å². The van der Waals surface area contributed by atoms with E-state index in [1.807, 2.05) is 16.2 Å². The van der Waals surface area contributed by atoms with Crippen molar-refractivity contribution in [2.24, 2.45) is 5.10 Å². The van der Waals surface area contributed by atoms with Crippen LogP contribution in [0.3, 0.4) is 0 Å². The number of unbranched alkanes of at least 4 members (excludes halogenated alkanes) is 1. The van der Waals surface area contributed by atoms with Crippen LogP contribution in [0, 0.1) is 0 Å². The highest BCUT2D eigenvalue weighted by atomic mass is 35.5. The predicted molar refractivity (Wildman–Crippen MR) is 52.1 cm³/mol. The smallest absolute Gasteiger partial charge is 0.195 e. The number of hydrogen-bond acceptors (Lipinski definition) is 3. The molecule has 0 aliphatic carbocycles. The summed E-state index contributed by atoms with van der Waals surface area (Å²) in [6.07, 6.45) is 4.15. The van der Waals surface area contributed by atoms with E-state index >= 15 is 0 Å². The molecule has 0 radical (unpaired) electrons. The van der Waals surface area contributed by atoms with E-state index in [-0.39, 0.29) is 5.62 Å². The summed E-state index contributed by atoms with van der Waals surface area (Å²) in [6, 6.07) is 0. The molecule has 0 fully saturated rings. The molecule has 1 unspecified atom stereocenters. The first-order valence-electron chi connectivity index (χ1n) is 4.50. The fraction of sp³-hybridized carbons (Fsp3) is 0.875. The maximum absolute atomic E-state index is 6.11. The predicted octanol–water partition coefficient (Wildman–Crippen LogP) is 1.89. The normalized spacial score (nSPS) is 22.4. The Bertz CT molecular complexity index is 160. The van der Waals surface area contributed by atoms with Crippen LogP contribution in [0.1, 0.15) is 26.7 Å². The van der Waals surface area contributed by atoms with Gasteiger partial charge in [-0.15, -0.1) is 0 Å². The quantitative estimate of drug-likeness (QED) is 0.497. The maximum atomic E-state index is 6.11. The van der Waals surface area contributed by atoms with Crippen LogP contribution < -0.4 is 0 Å². The standard InChI is InChI=1S/C8H16ClN3/c1-3-5-6-12-8(9)11(4-2)7-10-12/h7-8H,3-6H2,1-2H3. The van der Waals surface area contributed by atoms with Gasteiger partial charge in [-0.3, -0.25) is 5.01 Å². The van der Waals surface area contributed by atoms with Gasteiger partial charge in [-0.25, -0.2) is 0 Å². The first-order valence-corrected chi connectivity index (χ1v) is 4.93. The molecule has 1 rings (SSSR count). The molecule has 0 saturated heterocycles. The molecule has 0 aromatic heterocycles. The Labute approximate surface area is 79.0 Å². The van der Waals surface area contributed by atoms with E-state index in [2.05, 4.69) is 18.9 Å². The molecular weight excluding hydrogens is 174 g/mol. The summed E-state index contributed by atoms with van der Waals surface area (Å²) in [6.45, 7) is 6.11. The lowest BCUT2D eigenvalue weighted by Crippen LogP contribution is -2.35. The minimum absolute atomic E-state index is 0.0680. The summed E-state index contributed by atoms with van der Waals surface area (Å²) in [5, 5.41) is 6.13. The van der Waals surface area contributed by atoms with Crippen molar-refractivity contribution in [2.45, 2.75) is 32.3 Å². The highest BCUT2D eigenvalue weighted by molar-refractivity contribution is 6.20. The number of alkyl halides is 1. The second kappa shape index (κ2) is 4.55. The Morgan fingerprint density at radius 2 is 2.25 bits per heavy atom. The van der Waals surface area contributed by atoms with E-state index < -0.39 is 0 Å². The maximum Gasteiger partial charge on any atom is 0.195 e. The molecule has 0 spiro atoms. The Kier molecular flexibility index (Phi) is 3.66. The minimum atomic E-state index is -0.0680. The van der Waals surface area contributed by atoms with Gasteiger partial charge in [-0.2, -0.15) is 5.10 Å². The Morgan fingerprint density at radius 1 is 1.50 bits per heavy atom. The summed E-state index contributed by atoms with van der Waals surface area (Å²) >= 11 is 6.11. The molecule has 0 aromatic carbocycles. The molecule has 0 bridgehead atoms. The molecule has 0 aromatic rings. The zero-order valence-electron chi connectivity index (χ0n) is 7.70. The van der Waals surface area contributed by atoms with Crippen LogP contribution in [0.4, 0.5) is 0 Å². The first-order chi connectivity index (χ1) is 5.79. The van der Waals surface area contributed by atoms with Crippen molar-refractivity contribution in [3.05, 3.63) is 0 Å². The fourth-order valence-electron chi connectivity index (χ4n) is 1.13. The Hall–Kier alpha value is -0.440. The second-order valence-electron chi connectivity index (χ2n) is 2.89. The van der Waals surface area contributed by atoms with Gasteiger partial charge in [0.15, 0.2) is 5.62 Å². The molecular formula is C8H16ClN3. The number of halogens is 1. The molecule has 3 nitrogen and oxygen atoms in total. The average Bonchev–Trinajstić information content (AvgIpc) is 2.43. The van der Waals surface area contributed by atoms with Crippen molar-refractivity contribution in [3.8, 4) is 0 Å². The topological polar surface area (TPSA) is 18.8 Å². The second-order valence-corrected chi connectivity index (χ2v) is 3.28. The molecule has 0 N–H and O–H groups in total. The summed E-state index contributed by atoms with van der Waals surface area (Å²) in [7, 11) is 0. The van der Waals surface area contributed by atoms with Crippen molar-refractivity contribution in [3.63, 3.8) is 0 Å². The van der Waals surface area contributed by atoms with Crippen LogP contribution in [0.5, 0.6) is 0 Å². The fourth-order valence-corrected chi connectivity index (χ4v) is 1.47. The van der Waals surface area contributed by atoms with Gasteiger partial charge in [-0.05, 0) is 13.3 Å². The monoisotopic (exact) mass is 189 g/mol. The lowest BCUT2D eigenvalue weighted by atomic mass is 10.3. The molecule has 4 heteroatoms. The van der Waals surface area contributed by atoms with Crippen LogP contribution in [-0.4, -0.2) is 35.0 Å². The van der Waals surface area contributed by atoms with E-state index in [4.69, 9.17) is 11.6 Å². The van der Waals surface area contributed by atoms with Crippen molar-refractivity contribution in [1.82, 2.24) is 9.91 Å². The van der Waals surface area contributed by atoms with Crippen LogP contribution in [0.25, 0.3) is 0 Å². The van der Waals surface area contributed by atoms with Crippen LogP contribution >= 0.6 is 11.6 Å². The number of hydrogen-bond donors (Lipinski definition) is 0. The third-order valence-corrected chi connectivity index (χ3v) is 2.45. The lowest BCUT2D eigenvalue weighted by molar-refractivity contribution is 0.201. The number of nitrogens with zero attached hydrogens (tertiary/aromatic N) is 3. The largest absolute Gasteiger partial charge is 0.327 e. The van der Waals surface area contributed by atoms with Crippen molar-refractivity contribution >= 4 is 17.9 Å². The SMILES string of the molecule is CCCCN1N=CN(CC)C1Cl. The first kappa shape index (κ1) is 9.65. The van der Waals surface area contributed by atoms with Gasteiger partial charge in [0.1, 0.15) is 6.34 Å². The number of rotatable bonds is 4. The molecule has 1 aliphatic rings. The zero-order valence-corrected chi connectivity index (χ0v) is 8.46. The van der Waals surface area contributed by atoms with Gasteiger partial charge >= 0.3 is 0 Å². The van der Waals surface area contributed by atoms with E-state index in [0.29, 0.717) is 0 Å². The van der Waals surface area contributed by atoms with Gasteiger partial charge in [0.25, 0.3) is 0 Å². The highest BCUT2D eigenvalue weighted by Crippen LogP contribution is 2.15. The zero-order chi connectivity index (χ0) is 8.97. The van der Waals surface area contributed by atoms with Crippen LogP contribution in [0.15, 0.2) is 5.10 Å². The Morgan fingerprint density at radius 3 is 2.75 bits per heavy atom. The summed E-state index contributed by atoms with van der Waals surface area (Å²) in [5.74, 6) is 0. The van der Waals surface area contributed by atoms with Crippen molar-refractivity contribution < 1.29 is 0 Å². The van der Waals surface area contributed by atoms with Gasteiger partial charge < -0.3 is 4.90 Å². The van der Waals surface area contributed by atoms with E-state index in [0.717, 1.165) is 19.5 Å². The molecule has 12 heavy (non-hydrogen) atoms. The van der Waals surface area contributed by atoms with E-state index in [9.17, 15) is 0 Å². The van der Waals surface area contributed by atoms with Crippen LogP contribution in [0.2, 0.25) is 0 Å². The molecule has 70 valence electrons. The molecule has 1 heterocycles. The summed E-state index contributed by atoms with van der Waals surface area (Å²) in [4.78, 5) is 2.01. The van der Waals surface area contributed by atoms with E-state index in [1.54, 1.807) is 0 Å². The molecule has 1 aliphatic heterocycles. The lowest BCUT2D eigenvalue weighted by Gasteiger charge is -2.23. The van der Waals surface area contributed by atoms with Crippen LogP contribution in [-0.2, 0) is 0 Å². The van der Waals surface area contributed by atoms with Crippen molar-refractivity contribution in [2.75, 3.05) is 13.1 Å². The highest BCUT2D eigenvalue weighted by Gasteiger charge is 2.22.